The molecule has 138 valence electrons. The molecule has 0 bridgehead atoms. The summed E-state index contributed by atoms with van der Waals surface area (Å²) in [6, 6.07) is 4.54. The standard InChI is InChI=1S/C16H21Cl2N3O4/c1-16(2,3)25-15(24)21-9-13(22)19-6-7-20-14(23)10-4-5-11(17)12(18)8-10/h4-5,8H,6-7,9H2,1-3H3,(H,19,22)(H,20,23)(H,21,24). The van der Waals surface area contributed by atoms with E-state index in [0.29, 0.717) is 10.6 Å². The molecular formula is C16H21Cl2N3O4. The van der Waals surface area contributed by atoms with Gasteiger partial charge in [-0.3, -0.25) is 9.59 Å². The Bertz CT molecular complexity index is 645. The number of hydrogen-bond acceptors (Lipinski definition) is 4. The fourth-order valence-corrected chi connectivity index (χ4v) is 1.94. The van der Waals surface area contributed by atoms with Gasteiger partial charge in [0.25, 0.3) is 5.91 Å². The monoisotopic (exact) mass is 389 g/mol. The maximum Gasteiger partial charge on any atom is 0.408 e. The lowest BCUT2D eigenvalue weighted by molar-refractivity contribution is -0.120. The Morgan fingerprint density at radius 2 is 1.64 bits per heavy atom. The predicted octanol–water partition coefficient (Wildman–Crippen LogP) is 2.36. The number of benzene rings is 1. The number of alkyl carbamates (subject to hydrolysis) is 1. The molecule has 1 aromatic rings. The SMILES string of the molecule is CC(C)(C)OC(=O)NCC(=O)NCCNC(=O)c1ccc(Cl)c(Cl)c1. The van der Waals surface area contributed by atoms with Gasteiger partial charge in [0, 0.05) is 18.7 Å². The van der Waals surface area contributed by atoms with Gasteiger partial charge >= 0.3 is 6.09 Å². The minimum Gasteiger partial charge on any atom is -0.444 e. The maximum atomic E-state index is 11.9. The molecule has 0 spiro atoms. The molecule has 0 aliphatic rings. The van der Waals surface area contributed by atoms with Crippen LogP contribution in [0.2, 0.25) is 10.0 Å². The van der Waals surface area contributed by atoms with Gasteiger partial charge in [-0.1, -0.05) is 23.2 Å². The van der Waals surface area contributed by atoms with Crippen LogP contribution in [0.25, 0.3) is 0 Å². The van der Waals surface area contributed by atoms with Gasteiger partial charge in [0.1, 0.15) is 5.60 Å². The second-order valence-electron chi connectivity index (χ2n) is 6.09. The predicted molar refractivity (Wildman–Crippen MR) is 96.0 cm³/mol. The summed E-state index contributed by atoms with van der Waals surface area (Å²) in [5.41, 5.74) is -0.262. The van der Waals surface area contributed by atoms with E-state index in [1.807, 2.05) is 0 Å². The van der Waals surface area contributed by atoms with Crippen LogP contribution in [0, 0.1) is 0 Å². The Balaban J connectivity index is 2.24. The van der Waals surface area contributed by atoms with Crippen LogP contribution in [0.1, 0.15) is 31.1 Å². The van der Waals surface area contributed by atoms with Gasteiger partial charge in [0.15, 0.2) is 0 Å². The number of halogens is 2. The lowest BCUT2D eigenvalue weighted by Crippen LogP contribution is -2.42. The average Bonchev–Trinajstić information content (AvgIpc) is 2.50. The normalized spacial score (nSPS) is 10.8. The van der Waals surface area contributed by atoms with Crippen LogP contribution < -0.4 is 16.0 Å². The first-order valence-electron chi connectivity index (χ1n) is 7.55. The first kappa shape index (κ1) is 21.1. The minimum atomic E-state index is -0.671. The van der Waals surface area contributed by atoms with Crippen LogP contribution >= 0.6 is 23.2 Å². The number of ether oxygens (including phenoxy) is 1. The molecule has 0 heterocycles. The van der Waals surface area contributed by atoms with Gasteiger partial charge in [0.2, 0.25) is 5.91 Å². The van der Waals surface area contributed by atoms with Crippen LogP contribution in [-0.2, 0) is 9.53 Å². The lowest BCUT2D eigenvalue weighted by atomic mass is 10.2. The van der Waals surface area contributed by atoms with Crippen molar-refractivity contribution >= 4 is 41.1 Å². The van der Waals surface area contributed by atoms with E-state index in [4.69, 9.17) is 27.9 Å². The van der Waals surface area contributed by atoms with Crippen molar-refractivity contribution in [2.45, 2.75) is 26.4 Å². The van der Waals surface area contributed by atoms with Gasteiger partial charge in [-0.25, -0.2) is 4.79 Å². The summed E-state index contributed by atoms with van der Waals surface area (Å²) in [5.74, 6) is -0.727. The minimum absolute atomic E-state index is 0.210. The maximum absolute atomic E-state index is 11.9. The van der Waals surface area contributed by atoms with E-state index in [2.05, 4.69) is 16.0 Å². The van der Waals surface area contributed by atoms with Gasteiger partial charge in [-0.05, 0) is 39.0 Å². The van der Waals surface area contributed by atoms with Crippen LogP contribution in [0.5, 0.6) is 0 Å². The van der Waals surface area contributed by atoms with Gasteiger partial charge in [-0.2, -0.15) is 0 Å². The fraction of sp³-hybridized carbons (Fsp3) is 0.438. The van der Waals surface area contributed by atoms with E-state index in [0.717, 1.165) is 0 Å². The van der Waals surface area contributed by atoms with Crippen molar-refractivity contribution in [3.63, 3.8) is 0 Å². The van der Waals surface area contributed by atoms with Crippen molar-refractivity contribution in [1.29, 1.82) is 0 Å². The summed E-state index contributed by atoms with van der Waals surface area (Å²) < 4.78 is 5.00. The zero-order valence-corrected chi connectivity index (χ0v) is 15.8. The third-order valence-electron chi connectivity index (χ3n) is 2.71. The summed E-state index contributed by atoms with van der Waals surface area (Å²) in [6.45, 7) is 5.39. The largest absolute Gasteiger partial charge is 0.444 e. The van der Waals surface area contributed by atoms with Crippen molar-refractivity contribution in [2.75, 3.05) is 19.6 Å². The zero-order chi connectivity index (χ0) is 19.0. The third kappa shape index (κ3) is 8.60. The van der Waals surface area contributed by atoms with E-state index in [-0.39, 0.29) is 30.6 Å². The molecule has 0 aliphatic carbocycles. The molecule has 0 atom stereocenters. The molecule has 0 unspecified atom stereocenters. The molecule has 3 N–H and O–H groups in total. The molecule has 0 fully saturated rings. The molecule has 1 rings (SSSR count). The van der Waals surface area contributed by atoms with Crippen molar-refractivity contribution < 1.29 is 19.1 Å². The van der Waals surface area contributed by atoms with Crippen molar-refractivity contribution in [1.82, 2.24) is 16.0 Å². The van der Waals surface area contributed by atoms with Crippen LogP contribution in [0.15, 0.2) is 18.2 Å². The van der Waals surface area contributed by atoms with E-state index in [1.165, 1.54) is 12.1 Å². The van der Waals surface area contributed by atoms with E-state index < -0.39 is 17.6 Å². The number of carbonyl (C=O) groups excluding carboxylic acids is 3. The Morgan fingerprint density at radius 1 is 1.00 bits per heavy atom. The van der Waals surface area contributed by atoms with E-state index >= 15 is 0 Å². The lowest BCUT2D eigenvalue weighted by Gasteiger charge is -2.19. The number of carbonyl (C=O) groups is 3. The quantitative estimate of drug-likeness (QED) is 0.650. The molecular weight excluding hydrogens is 369 g/mol. The fourth-order valence-electron chi connectivity index (χ4n) is 1.65. The number of nitrogens with one attached hydrogen (secondary N) is 3. The first-order valence-corrected chi connectivity index (χ1v) is 8.31. The molecule has 25 heavy (non-hydrogen) atoms. The van der Waals surface area contributed by atoms with Crippen molar-refractivity contribution in [2.24, 2.45) is 0 Å². The second-order valence-corrected chi connectivity index (χ2v) is 6.90. The van der Waals surface area contributed by atoms with Crippen LogP contribution in [-0.4, -0.2) is 43.1 Å². The average molecular weight is 390 g/mol. The van der Waals surface area contributed by atoms with E-state index in [9.17, 15) is 14.4 Å². The molecule has 1 aromatic carbocycles. The summed E-state index contributed by atoms with van der Waals surface area (Å²) in [6.07, 6.45) is -0.671. The molecule has 0 aliphatic heterocycles. The summed E-state index contributed by atoms with van der Waals surface area (Å²) >= 11 is 11.6. The molecule has 0 saturated heterocycles. The molecule has 3 amide bonds. The molecule has 7 nitrogen and oxygen atoms in total. The molecule has 0 radical (unpaired) electrons. The van der Waals surface area contributed by atoms with Crippen LogP contribution in [0.4, 0.5) is 4.79 Å². The zero-order valence-electron chi connectivity index (χ0n) is 14.2. The number of rotatable bonds is 6. The van der Waals surface area contributed by atoms with Gasteiger partial charge in [-0.15, -0.1) is 0 Å². The highest BCUT2D eigenvalue weighted by Crippen LogP contribution is 2.22. The summed E-state index contributed by atoms with van der Waals surface area (Å²) in [7, 11) is 0. The second kappa shape index (κ2) is 9.48. The van der Waals surface area contributed by atoms with Gasteiger partial charge < -0.3 is 20.7 Å². The highest BCUT2D eigenvalue weighted by atomic mass is 35.5. The highest BCUT2D eigenvalue weighted by molar-refractivity contribution is 6.42. The summed E-state index contributed by atoms with van der Waals surface area (Å²) in [5, 5.41) is 8.18. The third-order valence-corrected chi connectivity index (χ3v) is 3.45. The Morgan fingerprint density at radius 3 is 2.24 bits per heavy atom. The van der Waals surface area contributed by atoms with Crippen molar-refractivity contribution in [3.05, 3.63) is 33.8 Å². The Hall–Kier alpha value is -1.99. The van der Waals surface area contributed by atoms with Crippen LogP contribution in [0.3, 0.4) is 0 Å². The molecule has 0 aromatic heterocycles. The van der Waals surface area contributed by atoms with E-state index in [1.54, 1.807) is 26.8 Å². The molecule has 9 heteroatoms. The Kier molecular flexibility index (Phi) is 7.99. The van der Waals surface area contributed by atoms with Gasteiger partial charge in [0.05, 0.1) is 16.6 Å². The molecule has 0 saturated carbocycles. The topological polar surface area (TPSA) is 96.5 Å². The number of hydrogen-bond donors (Lipinski definition) is 3. The number of amides is 3. The van der Waals surface area contributed by atoms with Crippen molar-refractivity contribution in [3.8, 4) is 0 Å². The highest BCUT2D eigenvalue weighted by Gasteiger charge is 2.16. The Labute approximate surface area is 156 Å². The summed E-state index contributed by atoms with van der Waals surface area (Å²) in [4.78, 5) is 34.9. The first-order chi connectivity index (χ1) is 11.6. The smallest absolute Gasteiger partial charge is 0.408 e.